The third-order valence-corrected chi connectivity index (χ3v) is 2.98. The zero-order valence-electron chi connectivity index (χ0n) is 10.2. The van der Waals surface area contributed by atoms with Crippen LogP contribution in [0.5, 0.6) is 0 Å². The van der Waals surface area contributed by atoms with Gasteiger partial charge in [-0.2, -0.15) is 13.2 Å². The number of amides is 1. The second kappa shape index (κ2) is 5.90. The van der Waals surface area contributed by atoms with Crippen molar-refractivity contribution in [3.05, 3.63) is 40.7 Å². The molecule has 5 nitrogen and oxygen atoms in total. The Labute approximate surface area is 126 Å². The van der Waals surface area contributed by atoms with E-state index in [4.69, 9.17) is 23.2 Å². The molecule has 21 heavy (non-hydrogen) atoms. The van der Waals surface area contributed by atoms with E-state index in [2.05, 4.69) is 15.3 Å². The van der Waals surface area contributed by atoms with Crippen LogP contribution in [0.3, 0.4) is 0 Å². The van der Waals surface area contributed by atoms with Crippen molar-refractivity contribution in [1.82, 2.24) is 14.5 Å². The molecule has 0 aliphatic rings. The number of carbonyl (C=O) groups excluding carboxylic acids is 1. The summed E-state index contributed by atoms with van der Waals surface area (Å²) in [5, 5.41) is 2.06. The lowest BCUT2D eigenvalue weighted by Crippen LogP contribution is -2.23. The zero-order valence-corrected chi connectivity index (χ0v) is 11.7. The second-order valence-electron chi connectivity index (χ2n) is 3.92. The molecule has 0 fully saturated rings. The molecule has 10 heteroatoms. The maximum Gasteiger partial charge on any atom is 0.406 e. The molecule has 0 saturated carbocycles. The Bertz CT molecular complexity index is 651. The van der Waals surface area contributed by atoms with E-state index in [1.165, 1.54) is 12.1 Å². The normalized spacial score (nSPS) is 11.5. The molecule has 112 valence electrons. The van der Waals surface area contributed by atoms with Gasteiger partial charge in [0, 0.05) is 6.20 Å². The Morgan fingerprint density at radius 1 is 1.29 bits per heavy atom. The average molecular weight is 339 g/mol. The predicted octanol–water partition coefficient (Wildman–Crippen LogP) is 3.40. The number of halogens is 5. The van der Waals surface area contributed by atoms with Gasteiger partial charge in [-0.05, 0) is 12.1 Å². The molecule has 2 rings (SSSR count). The molecule has 0 saturated heterocycles. The van der Waals surface area contributed by atoms with Crippen molar-refractivity contribution in [1.29, 1.82) is 0 Å². The third kappa shape index (κ3) is 3.85. The predicted molar refractivity (Wildman–Crippen MR) is 70.5 cm³/mol. The summed E-state index contributed by atoms with van der Waals surface area (Å²) in [7, 11) is 0. The quantitative estimate of drug-likeness (QED) is 0.872. The van der Waals surface area contributed by atoms with E-state index in [0.717, 1.165) is 17.1 Å². The lowest BCUT2D eigenvalue weighted by Gasteiger charge is -2.12. The summed E-state index contributed by atoms with van der Waals surface area (Å²) in [5.41, 5.74) is -0.256. The van der Waals surface area contributed by atoms with Crippen LogP contribution in [0, 0.1) is 0 Å². The summed E-state index contributed by atoms with van der Waals surface area (Å²) in [6.07, 6.45) is -2.21. The Hall–Kier alpha value is -1.80. The van der Waals surface area contributed by atoms with Crippen molar-refractivity contribution in [3.8, 4) is 0 Å². The van der Waals surface area contributed by atoms with E-state index >= 15 is 0 Å². The van der Waals surface area contributed by atoms with Gasteiger partial charge in [-0.15, -0.1) is 0 Å². The van der Waals surface area contributed by atoms with Crippen LogP contribution in [0.1, 0.15) is 10.5 Å². The van der Waals surface area contributed by atoms with Crippen LogP contribution < -0.4 is 5.32 Å². The minimum Gasteiger partial charge on any atom is -0.334 e. The molecule has 0 radical (unpaired) electrons. The molecule has 0 aliphatic heterocycles. The highest BCUT2D eigenvalue weighted by atomic mass is 35.5. The SMILES string of the molecule is O=C(Nc1c(Cl)ncnc1Cl)c1cccn1CC(F)(F)F. The van der Waals surface area contributed by atoms with Crippen molar-refractivity contribution in [2.45, 2.75) is 12.7 Å². The first-order valence-electron chi connectivity index (χ1n) is 5.47. The number of hydrogen-bond acceptors (Lipinski definition) is 3. The van der Waals surface area contributed by atoms with E-state index in [9.17, 15) is 18.0 Å². The largest absolute Gasteiger partial charge is 0.406 e. The molecular weight excluding hydrogens is 332 g/mol. The van der Waals surface area contributed by atoms with Crippen LogP contribution in [-0.4, -0.2) is 26.6 Å². The van der Waals surface area contributed by atoms with Gasteiger partial charge in [-0.1, -0.05) is 23.2 Å². The van der Waals surface area contributed by atoms with Crippen LogP contribution in [0.15, 0.2) is 24.7 Å². The monoisotopic (exact) mass is 338 g/mol. The molecule has 0 atom stereocenters. The maximum atomic E-state index is 12.4. The Balaban J connectivity index is 2.24. The van der Waals surface area contributed by atoms with Gasteiger partial charge >= 0.3 is 6.18 Å². The van der Waals surface area contributed by atoms with E-state index < -0.39 is 18.6 Å². The molecule has 0 unspecified atom stereocenters. The Kier molecular flexibility index (Phi) is 4.38. The highest BCUT2D eigenvalue weighted by molar-refractivity contribution is 6.38. The number of rotatable bonds is 3. The van der Waals surface area contributed by atoms with Crippen molar-refractivity contribution in [3.63, 3.8) is 0 Å². The van der Waals surface area contributed by atoms with Gasteiger partial charge in [0.25, 0.3) is 5.91 Å². The molecule has 1 N–H and O–H groups in total. The van der Waals surface area contributed by atoms with Crippen molar-refractivity contribution < 1.29 is 18.0 Å². The van der Waals surface area contributed by atoms with E-state index in [-0.39, 0.29) is 21.7 Å². The first kappa shape index (κ1) is 15.6. The van der Waals surface area contributed by atoms with Gasteiger partial charge in [0.15, 0.2) is 10.3 Å². The highest BCUT2D eigenvalue weighted by Gasteiger charge is 2.29. The van der Waals surface area contributed by atoms with Gasteiger partial charge in [-0.25, -0.2) is 9.97 Å². The molecule has 0 bridgehead atoms. The standard InChI is InChI=1S/C11H7Cl2F3N4O/c12-8-7(9(13)18-5-17-8)19-10(21)6-2-1-3-20(6)4-11(14,15)16/h1-3,5H,4H2,(H,19,21). The first-order valence-corrected chi connectivity index (χ1v) is 6.23. The Morgan fingerprint density at radius 3 is 2.48 bits per heavy atom. The zero-order chi connectivity index (χ0) is 15.6. The Morgan fingerprint density at radius 2 is 1.90 bits per heavy atom. The van der Waals surface area contributed by atoms with Gasteiger partial charge in [0.2, 0.25) is 0 Å². The van der Waals surface area contributed by atoms with Crippen LogP contribution in [0.2, 0.25) is 10.3 Å². The molecule has 1 amide bonds. The van der Waals surface area contributed by atoms with Gasteiger partial charge in [0.05, 0.1) is 0 Å². The smallest absolute Gasteiger partial charge is 0.334 e. The summed E-state index contributed by atoms with van der Waals surface area (Å²) in [6.45, 7) is -1.28. The molecule has 0 aromatic carbocycles. The summed E-state index contributed by atoms with van der Waals surface area (Å²) < 4.78 is 38.0. The van der Waals surface area contributed by atoms with E-state index in [0.29, 0.717) is 0 Å². The summed E-state index contributed by atoms with van der Waals surface area (Å²) in [6, 6.07) is 2.57. The number of nitrogens with zero attached hydrogens (tertiary/aromatic N) is 3. The minimum atomic E-state index is -4.45. The summed E-state index contributed by atoms with van der Waals surface area (Å²) in [5.74, 6) is -0.803. The fraction of sp³-hybridized carbons (Fsp3) is 0.182. The number of nitrogens with one attached hydrogen (secondary N) is 1. The third-order valence-electron chi connectivity index (χ3n) is 2.41. The van der Waals surface area contributed by atoms with Crippen LogP contribution >= 0.6 is 23.2 Å². The molecule has 0 aliphatic carbocycles. The molecule has 2 aromatic heterocycles. The molecule has 2 heterocycles. The van der Waals surface area contributed by atoms with Crippen molar-refractivity contribution in [2.75, 3.05) is 5.32 Å². The van der Waals surface area contributed by atoms with Crippen LogP contribution in [-0.2, 0) is 6.54 Å². The number of carbonyl (C=O) groups is 1. The lowest BCUT2D eigenvalue weighted by atomic mass is 10.3. The molecule has 0 spiro atoms. The van der Waals surface area contributed by atoms with Crippen molar-refractivity contribution in [2.24, 2.45) is 0 Å². The second-order valence-corrected chi connectivity index (χ2v) is 4.64. The maximum absolute atomic E-state index is 12.4. The number of aromatic nitrogens is 3. The average Bonchev–Trinajstić information content (AvgIpc) is 2.79. The highest BCUT2D eigenvalue weighted by Crippen LogP contribution is 2.26. The molecular formula is C11H7Cl2F3N4O. The lowest BCUT2D eigenvalue weighted by molar-refractivity contribution is -0.140. The topological polar surface area (TPSA) is 59.8 Å². The summed E-state index contributed by atoms with van der Waals surface area (Å²) >= 11 is 11.5. The number of alkyl halides is 3. The van der Waals surface area contributed by atoms with E-state index in [1.54, 1.807) is 0 Å². The number of hydrogen-bond donors (Lipinski definition) is 1. The van der Waals surface area contributed by atoms with Gasteiger partial charge < -0.3 is 9.88 Å². The van der Waals surface area contributed by atoms with E-state index in [1.807, 2.05) is 0 Å². The number of anilines is 1. The fourth-order valence-electron chi connectivity index (χ4n) is 1.58. The van der Waals surface area contributed by atoms with Crippen molar-refractivity contribution >= 4 is 34.8 Å². The van der Waals surface area contributed by atoms with Gasteiger partial charge in [-0.3, -0.25) is 4.79 Å². The van der Waals surface area contributed by atoms with Crippen LogP contribution in [0.4, 0.5) is 18.9 Å². The first-order chi connectivity index (χ1) is 9.78. The minimum absolute atomic E-state index is 0.0643. The van der Waals surface area contributed by atoms with Gasteiger partial charge in [0.1, 0.15) is 24.3 Å². The van der Waals surface area contributed by atoms with Crippen LogP contribution in [0.25, 0.3) is 0 Å². The summed E-state index contributed by atoms with van der Waals surface area (Å²) in [4.78, 5) is 19.3. The fourth-order valence-corrected chi connectivity index (χ4v) is 1.99. The molecule has 2 aromatic rings.